The van der Waals surface area contributed by atoms with Crippen molar-refractivity contribution in [2.24, 2.45) is 17.8 Å². The van der Waals surface area contributed by atoms with E-state index in [2.05, 4.69) is 17.6 Å². The second-order valence-corrected chi connectivity index (χ2v) is 3.84. The molecule has 0 saturated heterocycles. The monoisotopic (exact) mass is 153 g/mol. The van der Waals surface area contributed by atoms with Gasteiger partial charge in [-0.15, -0.1) is 0 Å². The molecule has 0 spiro atoms. The van der Waals surface area contributed by atoms with Crippen molar-refractivity contribution in [3.8, 4) is 0 Å². The first kappa shape index (κ1) is 7.32. The van der Waals surface area contributed by atoms with Crippen LogP contribution in [0.5, 0.6) is 0 Å². The molecule has 2 nitrogen and oxygen atoms in total. The van der Waals surface area contributed by atoms with Gasteiger partial charge >= 0.3 is 0 Å². The molecule has 0 aliphatic heterocycles. The highest BCUT2D eigenvalue weighted by Gasteiger charge is 2.29. The van der Waals surface area contributed by atoms with E-state index in [1.807, 2.05) is 0 Å². The predicted molar refractivity (Wildman–Crippen MR) is 43.3 cm³/mol. The summed E-state index contributed by atoms with van der Waals surface area (Å²) < 4.78 is 0. The van der Waals surface area contributed by atoms with Crippen LogP contribution in [0.25, 0.3) is 0 Å². The molecule has 2 bridgehead atoms. The van der Waals surface area contributed by atoms with Crippen LogP contribution < -0.4 is 5.48 Å². The number of nitrogens with one attached hydrogen (secondary N) is 1. The van der Waals surface area contributed by atoms with Crippen LogP contribution in [0.2, 0.25) is 0 Å². The molecule has 1 saturated carbocycles. The van der Waals surface area contributed by atoms with Crippen molar-refractivity contribution < 1.29 is 5.21 Å². The summed E-state index contributed by atoms with van der Waals surface area (Å²) in [5.74, 6) is 2.32. The van der Waals surface area contributed by atoms with Gasteiger partial charge in [0.2, 0.25) is 0 Å². The Kier molecular flexibility index (Phi) is 1.96. The Balaban J connectivity index is 1.90. The molecule has 0 aromatic rings. The van der Waals surface area contributed by atoms with E-state index in [0.29, 0.717) is 5.92 Å². The molecule has 0 amide bonds. The molecule has 62 valence electrons. The summed E-state index contributed by atoms with van der Waals surface area (Å²) >= 11 is 0. The zero-order chi connectivity index (χ0) is 7.68. The number of hydroxylamine groups is 1. The fourth-order valence-corrected chi connectivity index (χ4v) is 2.46. The minimum atomic E-state index is 0.693. The molecule has 2 N–H and O–H groups in total. The topological polar surface area (TPSA) is 32.3 Å². The summed E-state index contributed by atoms with van der Waals surface area (Å²) in [5, 5.41) is 8.54. The van der Waals surface area contributed by atoms with Crippen molar-refractivity contribution >= 4 is 0 Å². The Labute approximate surface area is 67.3 Å². The van der Waals surface area contributed by atoms with Crippen molar-refractivity contribution in [2.45, 2.75) is 19.3 Å². The van der Waals surface area contributed by atoms with E-state index in [-0.39, 0.29) is 0 Å². The average molecular weight is 153 g/mol. The summed E-state index contributed by atoms with van der Waals surface area (Å²) in [7, 11) is 0. The molecule has 2 aliphatic rings. The van der Waals surface area contributed by atoms with Gasteiger partial charge in [-0.25, -0.2) is 5.48 Å². The van der Waals surface area contributed by atoms with E-state index >= 15 is 0 Å². The van der Waals surface area contributed by atoms with Crippen LogP contribution in [-0.4, -0.2) is 11.8 Å². The minimum Gasteiger partial charge on any atom is -0.317 e. The highest BCUT2D eigenvalue weighted by Crippen LogP contribution is 2.39. The zero-order valence-electron chi connectivity index (χ0n) is 6.66. The van der Waals surface area contributed by atoms with Gasteiger partial charge in [-0.2, -0.15) is 0 Å². The predicted octanol–water partition coefficient (Wildman–Crippen LogP) is 1.57. The van der Waals surface area contributed by atoms with Crippen LogP contribution in [-0.2, 0) is 0 Å². The van der Waals surface area contributed by atoms with Gasteiger partial charge in [0.05, 0.1) is 0 Å². The quantitative estimate of drug-likeness (QED) is 0.466. The third-order valence-electron chi connectivity index (χ3n) is 2.91. The van der Waals surface area contributed by atoms with E-state index in [9.17, 15) is 0 Å². The third-order valence-corrected chi connectivity index (χ3v) is 2.91. The lowest BCUT2D eigenvalue weighted by Crippen LogP contribution is -2.26. The van der Waals surface area contributed by atoms with Crippen LogP contribution in [0.15, 0.2) is 12.2 Å². The third kappa shape index (κ3) is 1.47. The lowest BCUT2D eigenvalue weighted by molar-refractivity contribution is 0.129. The highest BCUT2D eigenvalue weighted by molar-refractivity contribution is 5.06. The molecule has 11 heavy (non-hydrogen) atoms. The minimum absolute atomic E-state index is 0.693. The second-order valence-electron chi connectivity index (χ2n) is 3.84. The first-order valence-corrected chi connectivity index (χ1v) is 4.43. The molecule has 0 heterocycles. The summed E-state index contributed by atoms with van der Waals surface area (Å²) in [6.45, 7) is 0.772. The van der Waals surface area contributed by atoms with Crippen LogP contribution in [0.1, 0.15) is 19.3 Å². The SMILES string of the molecule is ONCC1C[C@H]2C=C[C@@H](C1)C2. The molecule has 0 aromatic heterocycles. The fourth-order valence-electron chi connectivity index (χ4n) is 2.46. The van der Waals surface area contributed by atoms with E-state index in [0.717, 1.165) is 18.4 Å². The summed E-state index contributed by atoms with van der Waals surface area (Å²) in [4.78, 5) is 0. The Hall–Kier alpha value is -0.340. The second kappa shape index (κ2) is 2.95. The van der Waals surface area contributed by atoms with Crippen molar-refractivity contribution in [1.29, 1.82) is 0 Å². The molecule has 1 fully saturated rings. The summed E-state index contributed by atoms with van der Waals surface area (Å²) in [6, 6.07) is 0. The molecule has 3 atom stereocenters. The van der Waals surface area contributed by atoms with Gasteiger partial charge < -0.3 is 5.21 Å². The van der Waals surface area contributed by atoms with Crippen molar-refractivity contribution in [3.63, 3.8) is 0 Å². The molecular weight excluding hydrogens is 138 g/mol. The van der Waals surface area contributed by atoms with Crippen molar-refractivity contribution in [1.82, 2.24) is 5.48 Å². The van der Waals surface area contributed by atoms with Crippen LogP contribution in [0.4, 0.5) is 0 Å². The first-order chi connectivity index (χ1) is 5.38. The number of hydrogen-bond donors (Lipinski definition) is 2. The molecular formula is C9H15NO. The lowest BCUT2D eigenvalue weighted by atomic mass is 9.80. The van der Waals surface area contributed by atoms with Crippen LogP contribution in [0.3, 0.4) is 0 Å². The van der Waals surface area contributed by atoms with Crippen molar-refractivity contribution in [3.05, 3.63) is 12.2 Å². The Morgan fingerprint density at radius 1 is 1.18 bits per heavy atom. The van der Waals surface area contributed by atoms with E-state index < -0.39 is 0 Å². The molecule has 2 aliphatic carbocycles. The fraction of sp³-hybridized carbons (Fsp3) is 0.778. The number of rotatable bonds is 2. The average Bonchev–Trinajstić information content (AvgIpc) is 2.32. The van der Waals surface area contributed by atoms with Gasteiger partial charge in [0.1, 0.15) is 0 Å². The smallest absolute Gasteiger partial charge is 0.0236 e. The van der Waals surface area contributed by atoms with Crippen LogP contribution >= 0.6 is 0 Å². The first-order valence-electron chi connectivity index (χ1n) is 4.43. The molecule has 0 aromatic carbocycles. The lowest BCUT2D eigenvalue weighted by Gasteiger charge is -2.27. The van der Waals surface area contributed by atoms with Gasteiger partial charge in [-0.1, -0.05) is 12.2 Å². The number of hydrogen-bond acceptors (Lipinski definition) is 2. The molecule has 2 heteroatoms. The molecule has 1 unspecified atom stereocenters. The Morgan fingerprint density at radius 3 is 2.36 bits per heavy atom. The maximum absolute atomic E-state index is 8.54. The van der Waals surface area contributed by atoms with E-state index in [1.165, 1.54) is 19.3 Å². The van der Waals surface area contributed by atoms with Gasteiger partial charge in [-0.3, -0.25) is 0 Å². The maximum atomic E-state index is 8.54. The highest BCUT2D eigenvalue weighted by atomic mass is 16.5. The standard InChI is InChI=1S/C9H15NO/c11-10-6-9-4-7-1-2-8(3-7)5-9/h1-2,7-11H,3-6H2/t7-,8+,9?. The molecule has 2 rings (SSSR count). The molecule has 0 radical (unpaired) electrons. The number of fused-ring (bicyclic) bond motifs is 2. The van der Waals surface area contributed by atoms with Gasteiger partial charge in [-0.05, 0) is 37.0 Å². The van der Waals surface area contributed by atoms with Gasteiger partial charge in [0, 0.05) is 6.54 Å². The Morgan fingerprint density at radius 2 is 1.82 bits per heavy atom. The van der Waals surface area contributed by atoms with E-state index in [4.69, 9.17) is 5.21 Å². The zero-order valence-corrected chi connectivity index (χ0v) is 6.66. The normalized spacial score (nSPS) is 41.4. The maximum Gasteiger partial charge on any atom is 0.0236 e. The summed E-state index contributed by atoms with van der Waals surface area (Å²) in [6.07, 6.45) is 8.59. The van der Waals surface area contributed by atoms with Gasteiger partial charge in [0.25, 0.3) is 0 Å². The van der Waals surface area contributed by atoms with Crippen molar-refractivity contribution in [2.75, 3.05) is 6.54 Å². The largest absolute Gasteiger partial charge is 0.317 e. The van der Waals surface area contributed by atoms with Gasteiger partial charge in [0.15, 0.2) is 0 Å². The number of allylic oxidation sites excluding steroid dienone is 2. The van der Waals surface area contributed by atoms with Crippen LogP contribution in [0, 0.1) is 17.8 Å². The Bertz CT molecular complexity index is 153. The van der Waals surface area contributed by atoms with E-state index in [1.54, 1.807) is 0 Å². The summed E-state index contributed by atoms with van der Waals surface area (Å²) in [5.41, 5.74) is 2.28.